The number of nitrogens with zero attached hydrogens (tertiary/aromatic N) is 2. The second-order valence-corrected chi connectivity index (χ2v) is 4.78. The molecule has 2 rings (SSSR count). The monoisotopic (exact) mass is 239 g/mol. The summed E-state index contributed by atoms with van der Waals surface area (Å²) in [5, 5.41) is 13.5. The molecule has 1 fully saturated rings. The molecule has 0 bridgehead atoms. The fourth-order valence-electron chi connectivity index (χ4n) is 2.36. The van der Waals surface area contributed by atoms with Crippen LogP contribution in [0.15, 0.2) is 4.52 Å². The van der Waals surface area contributed by atoms with Gasteiger partial charge >= 0.3 is 0 Å². The van der Waals surface area contributed by atoms with Crippen molar-refractivity contribution in [1.29, 1.82) is 0 Å². The van der Waals surface area contributed by atoms with E-state index < -0.39 is 6.10 Å². The van der Waals surface area contributed by atoms with Gasteiger partial charge in [-0.2, -0.15) is 4.98 Å². The van der Waals surface area contributed by atoms with Crippen LogP contribution in [0.2, 0.25) is 0 Å². The third-order valence-corrected chi connectivity index (χ3v) is 3.44. The number of hydrogen-bond donors (Lipinski definition) is 2. The zero-order valence-corrected chi connectivity index (χ0v) is 10.1. The van der Waals surface area contributed by atoms with Crippen LogP contribution in [0.25, 0.3) is 0 Å². The van der Waals surface area contributed by atoms with Gasteiger partial charge in [0.25, 0.3) is 5.89 Å². The van der Waals surface area contributed by atoms with Gasteiger partial charge in [0.2, 0.25) is 0 Å². The highest BCUT2D eigenvalue weighted by Gasteiger charge is 2.21. The van der Waals surface area contributed by atoms with E-state index in [4.69, 9.17) is 10.3 Å². The predicted molar refractivity (Wildman–Crippen MR) is 63.4 cm³/mol. The number of aliphatic hydroxyl groups excluding tert-OH is 1. The molecule has 1 aliphatic rings. The Labute approximate surface area is 101 Å². The van der Waals surface area contributed by atoms with Crippen LogP contribution in [-0.4, -0.2) is 21.8 Å². The zero-order chi connectivity index (χ0) is 12.1. The summed E-state index contributed by atoms with van der Waals surface area (Å²) in [6, 6.07) is 0. The molecule has 0 saturated heterocycles. The Kier molecular flexibility index (Phi) is 4.50. The van der Waals surface area contributed by atoms with E-state index in [0.717, 1.165) is 18.7 Å². The smallest absolute Gasteiger partial charge is 0.256 e. The molecular formula is C12H21N3O2. The van der Waals surface area contributed by atoms with E-state index in [2.05, 4.69) is 10.1 Å². The maximum atomic E-state index is 9.52. The highest BCUT2D eigenvalue weighted by Crippen LogP contribution is 2.29. The molecule has 1 heterocycles. The normalized spacial score (nSPS) is 20.8. The van der Waals surface area contributed by atoms with Gasteiger partial charge in [-0.1, -0.05) is 37.3 Å². The molecular weight excluding hydrogens is 218 g/mol. The van der Waals surface area contributed by atoms with Crippen molar-refractivity contribution in [3.63, 3.8) is 0 Å². The molecule has 17 heavy (non-hydrogen) atoms. The van der Waals surface area contributed by atoms with Gasteiger partial charge in [0.1, 0.15) is 6.10 Å². The Balaban J connectivity index is 2.01. The minimum absolute atomic E-state index is 0.117. The van der Waals surface area contributed by atoms with E-state index in [-0.39, 0.29) is 12.4 Å². The minimum Gasteiger partial charge on any atom is -0.382 e. The van der Waals surface area contributed by atoms with Crippen LogP contribution in [0.5, 0.6) is 0 Å². The summed E-state index contributed by atoms with van der Waals surface area (Å²) in [7, 11) is 0. The average Bonchev–Trinajstić information content (AvgIpc) is 2.77. The van der Waals surface area contributed by atoms with Gasteiger partial charge in [-0.05, 0) is 12.8 Å². The Morgan fingerprint density at radius 2 is 1.88 bits per heavy atom. The molecule has 0 spiro atoms. The van der Waals surface area contributed by atoms with Gasteiger partial charge in [-0.3, -0.25) is 0 Å². The van der Waals surface area contributed by atoms with Crippen molar-refractivity contribution in [2.75, 3.05) is 6.54 Å². The molecule has 1 saturated carbocycles. The van der Waals surface area contributed by atoms with Crippen LogP contribution in [0, 0.1) is 0 Å². The lowest BCUT2D eigenvalue weighted by Gasteiger charge is -2.15. The van der Waals surface area contributed by atoms with Crippen molar-refractivity contribution in [1.82, 2.24) is 10.1 Å². The summed E-state index contributed by atoms with van der Waals surface area (Å²) < 4.78 is 5.05. The van der Waals surface area contributed by atoms with E-state index in [0.29, 0.717) is 5.92 Å². The van der Waals surface area contributed by atoms with Gasteiger partial charge in [0.15, 0.2) is 5.82 Å². The van der Waals surface area contributed by atoms with Crippen molar-refractivity contribution in [3.05, 3.63) is 11.7 Å². The molecule has 1 aliphatic carbocycles. The lowest BCUT2D eigenvalue weighted by Crippen LogP contribution is -2.12. The number of rotatable bonds is 3. The van der Waals surface area contributed by atoms with Gasteiger partial charge < -0.3 is 15.4 Å². The van der Waals surface area contributed by atoms with Crippen molar-refractivity contribution in [2.24, 2.45) is 5.73 Å². The standard InChI is InChI=1S/C12H21N3O2/c13-8-10(16)12-14-11(15-17-12)9-6-4-2-1-3-5-7-9/h9-10,16H,1-8,13H2. The molecule has 96 valence electrons. The first-order valence-electron chi connectivity index (χ1n) is 6.53. The Hall–Kier alpha value is -0.940. The van der Waals surface area contributed by atoms with E-state index in [1.54, 1.807) is 0 Å². The molecule has 5 nitrogen and oxygen atoms in total. The third-order valence-electron chi connectivity index (χ3n) is 3.44. The van der Waals surface area contributed by atoms with Gasteiger partial charge in [0.05, 0.1) is 0 Å². The first kappa shape index (κ1) is 12.5. The van der Waals surface area contributed by atoms with E-state index >= 15 is 0 Å². The molecule has 0 radical (unpaired) electrons. The van der Waals surface area contributed by atoms with Crippen LogP contribution in [0.4, 0.5) is 0 Å². The van der Waals surface area contributed by atoms with Gasteiger partial charge in [0, 0.05) is 12.5 Å². The maximum Gasteiger partial charge on any atom is 0.256 e. The Bertz CT molecular complexity index is 332. The topological polar surface area (TPSA) is 85.2 Å². The largest absolute Gasteiger partial charge is 0.382 e. The Morgan fingerprint density at radius 1 is 1.24 bits per heavy atom. The van der Waals surface area contributed by atoms with Crippen LogP contribution >= 0.6 is 0 Å². The summed E-state index contributed by atoms with van der Waals surface area (Å²) in [5.74, 6) is 1.39. The van der Waals surface area contributed by atoms with Crippen molar-refractivity contribution in [3.8, 4) is 0 Å². The van der Waals surface area contributed by atoms with Crippen molar-refractivity contribution < 1.29 is 9.63 Å². The highest BCUT2D eigenvalue weighted by molar-refractivity contribution is 4.97. The molecule has 0 aliphatic heterocycles. The molecule has 0 amide bonds. The summed E-state index contributed by atoms with van der Waals surface area (Å²) >= 11 is 0. The lowest BCUT2D eigenvalue weighted by molar-refractivity contribution is 0.141. The lowest BCUT2D eigenvalue weighted by atomic mass is 9.91. The van der Waals surface area contributed by atoms with Crippen LogP contribution in [-0.2, 0) is 0 Å². The quantitative estimate of drug-likeness (QED) is 0.841. The first-order valence-corrected chi connectivity index (χ1v) is 6.53. The summed E-state index contributed by atoms with van der Waals surface area (Å²) in [4.78, 5) is 4.27. The fraction of sp³-hybridized carbons (Fsp3) is 0.833. The molecule has 1 aromatic rings. The summed E-state index contributed by atoms with van der Waals surface area (Å²) in [5.41, 5.74) is 5.36. The van der Waals surface area contributed by atoms with E-state index in [1.807, 2.05) is 0 Å². The number of nitrogens with two attached hydrogens (primary N) is 1. The first-order chi connectivity index (χ1) is 8.31. The van der Waals surface area contributed by atoms with Crippen LogP contribution in [0.1, 0.15) is 68.7 Å². The molecule has 5 heteroatoms. The van der Waals surface area contributed by atoms with E-state index in [9.17, 15) is 5.11 Å². The summed E-state index contributed by atoms with van der Waals surface area (Å²) in [6.07, 6.45) is 7.82. The van der Waals surface area contributed by atoms with Crippen LogP contribution in [0.3, 0.4) is 0 Å². The molecule has 1 aromatic heterocycles. The average molecular weight is 239 g/mol. The molecule has 1 atom stereocenters. The van der Waals surface area contributed by atoms with Gasteiger partial charge in [-0.25, -0.2) is 0 Å². The van der Waals surface area contributed by atoms with E-state index in [1.165, 1.54) is 32.1 Å². The molecule has 0 aromatic carbocycles. The minimum atomic E-state index is -0.829. The summed E-state index contributed by atoms with van der Waals surface area (Å²) in [6.45, 7) is 0.117. The number of aliphatic hydroxyl groups is 1. The third kappa shape index (κ3) is 3.26. The van der Waals surface area contributed by atoms with Crippen LogP contribution < -0.4 is 5.73 Å². The van der Waals surface area contributed by atoms with Crippen molar-refractivity contribution >= 4 is 0 Å². The molecule has 3 N–H and O–H groups in total. The highest BCUT2D eigenvalue weighted by atomic mass is 16.5. The Morgan fingerprint density at radius 3 is 2.53 bits per heavy atom. The maximum absolute atomic E-state index is 9.52. The zero-order valence-electron chi connectivity index (χ0n) is 10.1. The second kappa shape index (κ2) is 6.12. The predicted octanol–water partition coefficient (Wildman–Crippen LogP) is 1.89. The molecule has 1 unspecified atom stereocenters. The SMILES string of the molecule is NCC(O)c1nc(C2CCCCCCC2)no1. The van der Waals surface area contributed by atoms with Crippen molar-refractivity contribution in [2.45, 2.75) is 57.0 Å². The van der Waals surface area contributed by atoms with Gasteiger partial charge in [-0.15, -0.1) is 0 Å². The fourth-order valence-corrected chi connectivity index (χ4v) is 2.36. The second-order valence-electron chi connectivity index (χ2n) is 4.78. The number of aromatic nitrogens is 2. The number of hydrogen-bond acceptors (Lipinski definition) is 5.